The number of hydrogen-bond donors (Lipinski definition) is 0. The molecule has 0 amide bonds. The molecule has 80 valence electrons. The Morgan fingerprint density at radius 2 is 2.14 bits per heavy atom. The molecule has 0 aromatic carbocycles. The van der Waals surface area contributed by atoms with Crippen LogP contribution < -0.4 is 0 Å². The maximum atomic E-state index is 10.8. The Morgan fingerprint density at radius 3 is 2.64 bits per heavy atom. The van der Waals surface area contributed by atoms with Gasteiger partial charge in [-0.25, -0.2) is 13.1 Å². The summed E-state index contributed by atoms with van der Waals surface area (Å²) in [6, 6.07) is 0. The maximum absolute atomic E-state index is 10.8. The zero-order chi connectivity index (χ0) is 10.8. The summed E-state index contributed by atoms with van der Waals surface area (Å²) in [5.74, 6) is -0.260. The maximum Gasteiger partial charge on any atom is 0.238 e. The molecule has 5 nitrogen and oxygen atoms in total. The van der Waals surface area contributed by atoms with Crippen molar-refractivity contribution >= 4 is 19.7 Å². The quantitative estimate of drug-likeness (QED) is 0.735. The predicted octanol–water partition coefficient (Wildman–Crippen LogP) is 1.07. The van der Waals surface area contributed by atoms with Gasteiger partial charge in [-0.05, 0) is 13.3 Å². The minimum atomic E-state index is -3.54. The van der Waals surface area contributed by atoms with Crippen LogP contribution in [0.4, 0.5) is 0 Å². The molecule has 0 N–H and O–H groups in total. The van der Waals surface area contributed by atoms with Crippen molar-refractivity contribution in [1.29, 1.82) is 0 Å². The Balaban J connectivity index is 2.90. The van der Waals surface area contributed by atoms with Crippen LogP contribution in [0.25, 0.3) is 0 Å². The third kappa shape index (κ3) is 2.95. The number of aryl methyl sites for hydroxylation is 1. The van der Waals surface area contributed by atoms with Gasteiger partial charge in [-0.15, -0.1) is 5.10 Å². The highest BCUT2D eigenvalue weighted by Gasteiger charge is 2.14. The lowest BCUT2D eigenvalue weighted by molar-refractivity contribution is 0.566. The molecule has 7 heteroatoms. The molecule has 0 fully saturated rings. The van der Waals surface area contributed by atoms with Gasteiger partial charge < -0.3 is 0 Å². The van der Waals surface area contributed by atoms with Crippen molar-refractivity contribution in [2.75, 3.05) is 0 Å². The van der Waals surface area contributed by atoms with Crippen LogP contribution in [0.3, 0.4) is 0 Å². The third-order valence-electron chi connectivity index (χ3n) is 1.82. The van der Waals surface area contributed by atoms with Gasteiger partial charge in [0, 0.05) is 17.2 Å². The molecule has 1 aromatic rings. The van der Waals surface area contributed by atoms with Crippen LogP contribution in [0.1, 0.15) is 24.7 Å². The molecule has 0 aliphatic rings. The van der Waals surface area contributed by atoms with Gasteiger partial charge in [-0.1, -0.05) is 12.1 Å². The molecule has 1 heterocycles. The smallest absolute Gasteiger partial charge is 0.238 e. The van der Waals surface area contributed by atoms with Crippen LogP contribution in [0, 0.1) is 6.92 Å². The summed E-state index contributed by atoms with van der Waals surface area (Å²) < 4.78 is 23.3. The van der Waals surface area contributed by atoms with E-state index in [1.807, 2.05) is 6.92 Å². The second-order valence-corrected chi connectivity index (χ2v) is 5.80. The molecule has 0 saturated carbocycles. The molecule has 0 saturated heterocycles. The fourth-order valence-corrected chi connectivity index (χ4v) is 2.02. The molecular formula is C7H12ClN3O2S. The van der Waals surface area contributed by atoms with Crippen LogP contribution in [0.15, 0.2) is 0 Å². The Labute approximate surface area is 87.5 Å². The number of nitrogens with zero attached hydrogens (tertiary/aromatic N) is 3. The van der Waals surface area contributed by atoms with Gasteiger partial charge in [0.1, 0.15) is 11.4 Å². The van der Waals surface area contributed by atoms with Crippen LogP contribution in [-0.4, -0.2) is 23.4 Å². The monoisotopic (exact) mass is 237 g/mol. The van der Waals surface area contributed by atoms with Gasteiger partial charge >= 0.3 is 0 Å². The van der Waals surface area contributed by atoms with Crippen molar-refractivity contribution in [1.82, 2.24) is 15.0 Å². The minimum Gasteiger partial charge on any atom is -0.249 e. The zero-order valence-electron chi connectivity index (χ0n) is 8.07. The normalized spacial score (nSPS) is 11.9. The van der Waals surface area contributed by atoms with E-state index in [-0.39, 0.29) is 5.75 Å². The lowest BCUT2D eigenvalue weighted by Gasteiger charge is -1.99. The highest BCUT2D eigenvalue weighted by Crippen LogP contribution is 2.11. The second-order valence-electron chi connectivity index (χ2n) is 3.03. The van der Waals surface area contributed by atoms with E-state index in [0.29, 0.717) is 5.69 Å². The Kier molecular flexibility index (Phi) is 3.49. The molecule has 0 bridgehead atoms. The van der Waals surface area contributed by atoms with Gasteiger partial charge in [-0.2, -0.15) is 0 Å². The van der Waals surface area contributed by atoms with Gasteiger partial charge in [0.05, 0.1) is 5.69 Å². The number of aromatic nitrogens is 3. The van der Waals surface area contributed by atoms with Crippen molar-refractivity contribution in [3.05, 3.63) is 11.4 Å². The van der Waals surface area contributed by atoms with Crippen LogP contribution >= 0.6 is 10.7 Å². The first-order valence-corrected chi connectivity index (χ1v) is 6.73. The molecular weight excluding hydrogens is 226 g/mol. The Bertz CT molecular complexity index is 413. The van der Waals surface area contributed by atoms with Gasteiger partial charge in [-0.3, -0.25) is 0 Å². The van der Waals surface area contributed by atoms with Crippen molar-refractivity contribution in [2.24, 2.45) is 0 Å². The van der Waals surface area contributed by atoms with Gasteiger partial charge in [0.15, 0.2) is 0 Å². The molecule has 0 radical (unpaired) electrons. The summed E-state index contributed by atoms with van der Waals surface area (Å²) in [5.41, 5.74) is 1.18. The summed E-state index contributed by atoms with van der Waals surface area (Å²) in [5, 5.41) is 7.60. The SMILES string of the molecule is CCCn1nnc(CS(=O)(=O)Cl)c1C. The first-order chi connectivity index (χ1) is 6.44. The van der Waals surface area contributed by atoms with E-state index in [2.05, 4.69) is 10.3 Å². The van der Waals surface area contributed by atoms with Crippen molar-refractivity contribution in [2.45, 2.75) is 32.6 Å². The van der Waals surface area contributed by atoms with Crippen molar-refractivity contribution in [3.63, 3.8) is 0 Å². The summed E-state index contributed by atoms with van der Waals surface area (Å²) in [4.78, 5) is 0. The highest BCUT2D eigenvalue weighted by atomic mass is 35.7. The van der Waals surface area contributed by atoms with Crippen LogP contribution in [0.2, 0.25) is 0 Å². The molecule has 0 spiro atoms. The molecule has 0 aliphatic carbocycles. The standard InChI is InChI=1S/C7H12ClN3O2S/c1-3-4-11-6(2)7(9-10-11)5-14(8,12)13/h3-5H2,1-2H3. The first kappa shape index (κ1) is 11.5. The number of hydrogen-bond acceptors (Lipinski definition) is 4. The lowest BCUT2D eigenvalue weighted by Crippen LogP contribution is -2.02. The van der Waals surface area contributed by atoms with E-state index >= 15 is 0 Å². The van der Waals surface area contributed by atoms with Gasteiger partial charge in [0.25, 0.3) is 0 Å². The topological polar surface area (TPSA) is 64.8 Å². The summed E-state index contributed by atoms with van der Waals surface area (Å²) in [6.07, 6.45) is 0.928. The molecule has 0 unspecified atom stereocenters. The fourth-order valence-electron chi connectivity index (χ4n) is 1.12. The molecule has 14 heavy (non-hydrogen) atoms. The minimum absolute atomic E-state index is 0.260. The third-order valence-corrected chi connectivity index (χ3v) is 2.77. The van der Waals surface area contributed by atoms with Crippen molar-refractivity contribution < 1.29 is 8.42 Å². The summed E-state index contributed by atoms with van der Waals surface area (Å²) >= 11 is 0. The largest absolute Gasteiger partial charge is 0.249 e. The molecule has 1 aromatic heterocycles. The molecule has 1 rings (SSSR count). The average molecular weight is 238 g/mol. The van der Waals surface area contributed by atoms with E-state index in [1.165, 1.54) is 0 Å². The first-order valence-electron chi connectivity index (χ1n) is 4.25. The number of halogens is 1. The zero-order valence-corrected chi connectivity index (χ0v) is 9.64. The lowest BCUT2D eigenvalue weighted by atomic mass is 10.3. The predicted molar refractivity (Wildman–Crippen MR) is 53.5 cm³/mol. The Hall–Kier alpha value is -0.620. The van der Waals surface area contributed by atoms with E-state index in [1.54, 1.807) is 11.6 Å². The highest BCUT2D eigenvalue weighted by molar-refractivity contribution is 8.13. The van der Waals surface area contributed by atoms with Crippen LogP contribution in [0.5, 0.6) is 0 Å². The van der Waals surface area contributed by atoms with E-state index in [9.17, 15) is 8.42 Å². The second kappa shape index (κ2) is 4.27. The van der Waals surface area contributed by atoms with Crippen LogP contribution in [-0.2, 0) is 21.3 Å². The Morgan fingerprint density at radius 1 is 1.50 bits per heavy atom. The summed E-state index contributed by atoms with van der Waals surface area (Å²) in [7, 11) is 1.58. The van der Waals surface area contributed by atoms with Crippen molar-refractivity contribution in [3.8, 4) is 0 Å². The van der Waals surface area contributed by atoms with Gasteiger partial charge in [0.2, 0.25) is 9.05 Å². The van der Waals surface area contributed by atoms with E-state index in [4.69, 9.17) is 10.7 Å². The number of rotatable bonds is 4. The average Bonchev–Trinajstić information content (AvgIpc) is 2.34. The fraction of sp³-hybridized carbons (Fsp3) is 0.714. The van der Waals surface area contributed by atoms with E-state index < -0.39 is 9.05 Å². The van der Waals surface area contributed by atoms with E-state index in [0.717, 1.165) is 18.7 Å². The summed E-state index contributed by atoms with van der Waals surface area (Å²) in [6.45, 7) is 4.54. The molecule has 0 aliphatic heterocycles. The molecule has 0 atom stereocenters.